The SMILES string of the molecule is CC(Nc1nc(-c2ccncc2)nc2c1CCC2)c1cccc(C#N)c1. The predicted molar refractivity (Wildman–Crippen MR) is 100 cm³/mol. The Kier molecular flexibility index (Phi) is 4.32. The van der Waals surface area contributed by atoms with Gasteiger partial charge in [-0.2, -0.15) is 5.26 Å². The van der Waals surface area contributed by atoms with E-state index in [1.807, 2.05) is 36.4 Å². The Hall–Kier alpha value is -3.26. The molecule has 5 nitrogen and oxygen atoms in total. The zero-order valence-corrected chi connectivity index (χ0v) is 14.6. The first kappa shape index (κ1) is 16.2. The molecule has 0 radical (unpaired) electrons. The number of nitrogens with zero attached hydrogens (tertiary/aromatic N) is 4. The third kappa shape index (κ3) is 3.14. The van der Waals surface area contributed by atoms with Crippen molar-refractivity contribution in [2.45, 2.75) is 32.2 Å². The van der Waals surface area contributed by atoms with E-state index in [1.54, 1.807) is 12.4 Å². The summed E-state index contributed by atoms with van der Waals surface area (Å²) in [5, 5.41) is 12.7. The van der Waals surface area contributed by atoms with Gasteiger partial charge in [-0.1, -0.05) is 12.1 Å². The third-order valence-electron chi connectivity index (χ3n) is 4.74. The zero-order chi connectivity index (χ0) is 17.9. The summed E-state index contributed by atoms with van der Waals surface area (Å²) in [5.74, 6) is 1.63. The molecule has 26 heavy (non-hydrogen) atoms. The Morgan fingerprint density at radius 1 is 1.12 bits per heavy atom. The molecule has 1 aromatic carbocycles. The molecule has 0 amide bonds. The van der Waals surface area contributed by atoms with Crippen LogP contribution in [0.2, 0.25) is 0 Å². The van der Waals surface area contributed by atoms with E-state index in [-0.39, 0.29) is 6.04 Å². The van der Waals surface area contributed by atoms with Crippen LogP contribution in [-0.4, -0.2) is 15.0 Å². The van der Waals surface area contributed by atoms with Crippen molar-refractivity contribution in [2.75, 3.05) is 5.32 Å². The average molecular weight is 341 g/mol. The van der Waals surface area contributed by atoms with E-state index in [9.17, 15) is 0 Å². The summed E-state index contributed by atoms with van der Waals surface area (Å²) in [6.07, 6.45) is 6.61. The number of hydrogen-bond acceptors (Lipinski definition) is 5. The number of nitriles is 1. The molecule has 0 saturated carbocycles. The highest BCUT2D eigenvalue weighted by Gasteiger charge is 2.21. The van der Waals surface area contributed by atoms with Crippen LogP contribution in [0.15, 0.2) is 48.8 Å². The lowest BCUT2D eigenvalue weighted by molar-refractivity contribution is 0.863. The van der Waals surface area contributed by atoms with Crippen LogP contribution >= 0.6 is 0 Å². The van der Waals surface area contributed by atoms with Gasteiger partial charge in [-0.15, -0.1) is 0 Å². The second-order valence-corrected chi connectivity index (χ2v) is 6.51. The maximum Gasteiger partial charge on any atom is 0.161 e. The average Bonchev–Trinajstić information content (AvgIpc) is 3.17. The van der Waals surface area contributed by atoms with E-state index in [2.05, 4.69) is 23.3 Å². The second kappa shape index (κ2) is 6.93. The van der Waals surface area contributed by atoms with Crippen LogP contribution in [0, 0.1) is 11.3 Å². The smallest absolute Gasteiger partial charge is 0.161 e. The monoisotopic (exact) mass is 341 g/mol. The van der Waals surface area contributed by atoms with Crippen LogP contribution in [0.4, 0.5) is 5.82 Å². The Morgan fingerprint density at radius 3 is 2.77 bits per heavy atom. The van der Waals surface area contributed by atoms with E-state index in [4.69, 9.17) is 15.2 Å². The van der Waals surface area contributed by atoms with Gasteiger partial charge in [0.25, 0.3) is 0 Å². The number of benzene rings is 1. The van der Waals surface area contributed by atoms with Crippen LogP contribution < -0.4 is 5.32 Å². The van der Waals surface area contributed by atoms with Crippen molar-refractivity contribution in [3.8, 4) is 17.5 Å². The molecule has 2 aromatic heterocycles. The quantitative estimate of drug-likeness (QED) is 0.774. The Morgan fingerprint density at radius 2 is 1.96 bits per heavy atom. The molecule has 2 heterocycles. The number of fused-ring (bicyclic) bond motifs is 1. The molecule has 1 unspecified atom stereocenters. The summed E-state index contributed by atoms with van der Waals surface area (Å²) in [4.78, 5) is 13.6. The van der Waals surface area contributed by atoms with Crippen LogP contribution in [0.1, 0.15) is 41.8 Å². The van der Waals surface area contributed by atoms with Crippen LogP contribution in [0.3, 0.4) is 0 Å². The molecule has 0 aliphatic heterocycles. The first-order valence-electron chi connectivity index (χ1n) is 8.81. The number of anilines is 1. The molecule has 128 valence electrons. The van der Waals surface area contributed by atoms with Crippen molar-refractivity contribution in [2.24, 2.45) is 0 Å². The topological polar surface area (TPSA) is 74.5 Å². The molecule has 0 bridgehead atoms. The maximum atomic E-state index is 9.13. The normalized spacial score (nSPS) is 13.7. The molecule has 3 aromatic rings. The van der Waals surface area contributed by atoms with Crippen molar-refractivity contribution < 1.29 is 0 Å². The van der Waals surface area contributed by atoms with Crippen LogP contribution in [-0.2, 0) is 12.8 Å². The molecule has 5 heteroatoms. The molecule has 1 N–H and O–H groups in total. The van der Waals surface area contributed by atoms with Crippen LogP contribution in [0.5, 0.6) is 0 Å². The van der Waals surface area contributed by atoms with Gasteiger partial charge in [0.05, 0.1) is 11.6 Å². The summed E-state index contributed by atoms with van der Waals surface area (Å²) >= 11 is 0. The highest BCUT2D eigenvalue weighted by atomic mass is 15.1. The van der Waals surface area contributed by atoms with E-state index in [1.165, 1.54) is 5.56 Å². The summed E-state index contributed by atoms with van der Waals surface area (Å²) in [6, 6.07) is 13.8. The van der Waals surface area contributed by atoms with Gasteiger partial charge in [0.2, 0.25) is 0 Å². The standard InChI is InChI=1S/C21H19N5/c1-14(17-5-2-4-15(12-17)13-22)24-21-18-6-3-7-19(18)25-20(26-21)16-8-10-23-11-9-16/h2,4-5,8-12,14H,3,6-7H2,1H3,(H,24,25,26). The van der Waals surface area contributed by atoms with E-state index in [0.717, 1.165) is 47.7 Å². The maximum absolute atomic E-state index is 9.13. The minimum absolute atomic E-state index is 0.0493. The van der Waals surface area contributed by atoms with Gasteiger partial charge in [-0.3, -0.25) is 4.98 Å². The molecule has 1 aliphatic rings. The largest absolute Gasteiger partial charge is 0.363 e. The van der Waals surface area contributed by atoms with Crippen molar-refractivity contribution in [1.82, 2.24) is 15.0 Å². The predicted octanol–water partition coefficient (Wildman–Crippen LogP) is 4.07. The van der Waals surface area contributed by atoms with Gasteiger partial charge in [-0.05, 0) is 56.0 Å². The molecule has 1 aliphatic carbocycles. The molecule has 4 rings (SSSR count). The number of nitrogens with one attached hydrogen (secondary N) is 1. The van der Waals surface area contributed by atoms with Gasteiger partial charge in [0.15, 0.2) is 5.82 Å². The van der Waals surface area contributed by atoms with E-state index in [0.29, 0.717) is 5.56 Å². The number of pyridine rings is 1. The fraction of sp³-hybridized carbons (Fsp3) is 0.238. The summed E-state index contributed by atoms with van der Waals surface area (Å²) in [5.41, 5.74) is 5.05. The minimum Gasteiger partial charge on any atom is -0.363 e. The Balaban J connectivity index is 1.69. The molecular weight excluding hydrogens is 322 g/mol. The molecule has 0 fully saturated rings. The first-order chi connectivity index (χ1) is 12.7. The highest BCUT2D eigenvalue weighted by molar-refractivity contribution is 5.60. The van der Waals surface area contributed by atoms with Crippen LogP contribution in [0.25, 0.3) is 11.4 Å². The summed E-state index contributed by atoms with van der Waals surface area (Å²) < 4.78 is 0. The number of aromatic nitrogens is 3. The fourth-order valence-corrected chi connectivity index (χ4v) is 3.35. The van der Waals surface area contributed by atoms with Crippen molar-refractivity contribution in [3.63, 3.8) is 0 Å². The molecule has 0 saturated heterocycles. The number of hydrogen-bond donors (Lipinski definition) is 1. The molecular formula is C21H19N5. The van der Waals surface area contributed by atoms with Crippen molar-refractivity contribution in [1.29, 1.82) is 5.26 Å². The summed E-state index contributed by atoms with van der Waals surface area (Å²) in [6.45, 7) is 2.09. The second-order valence-electron chi connectivity index (χ2n) is 6.51. The van der Waals surface area contributed by atoms with Gasteiger partial charge < -0.3 is 5.32 Å². The van der Waals surface area contributed by atoms with Crippen molar-refractivity contribution in [3.05, 3.63) is 71.2 Å². The number of rotatable bonds is 4. The molecule has 1 atom stereocenters. The first-order valence-corrected chi connectivity index (χ1v) is 8.81. The van der Waals surface area contributed by atoms with Gasteiger partial charge >= 0.3 is 0 Å². The Bertz CT molecular complexity index is 975. The zero-order valence-electron chi connectivity index (χ0n) is 14.6. The number of aryl methyl sites for hydroxylation is 1. The summed E-state index contributed by atoms with van der Waals surface area (Å²) in [7, 11) is 0. The fourth-order valence-electron chi connectivity index (χ4n) is 3.35. The van der Waals surface area contributed by atoms with Gasteiger partial charge in [-0.25, -0.2) is 9.97 Å². The third-order valence-corrected chi connectivity index (χ3v) is 4.74. The lowest BCUT2D eigenvalue weighted by atomic mass is 10.1. The minimum atomic E-state index is 0.0493. The van der Waals surface area contributed by atoms with Gasteiger partial charge in [0.1, 0.15) is 5.82 Å². The van der Waals surface area contributed by atoms with Gasteiger partial charge in [0, 0.05) is 35.3 Å². The highest BCUT2D eigenvalue weighted by Crippen LogP contribution is 2.31. The van der Waals surface area contributed by atoms with E-state index >= 15 is 0 Å². The Labute approximate surface area is 152 Å². The molecule has 0 spiro atoms. The van der Waals surface area contributed by atoms with Crippen molar-refractivity contribution >= 4 is 5.82 Å². The van der Waals surface area contributed by atoms with E-state index < -0.39 is 0 Å². The lowest BCUT2D eigenvalue weighted by Crippen LogP contribution is -2.12. The lowest BCUT2D eigenvalue weighted by Gasteiger charge is -2.18.